The van der Waals surface area contributed by atoms with Crippen LogP contribution in [-0.4, -0.2) is 35.3 Å². The van der Waals surface area contributed by atoms with Crippen molar-refractivity contribution in [3.05, 3.63) is 35.0 Å². The molecule has 1 atom stereocenters. The Morgan fingerprint density at radius 2 is 2.15 bits per heavy atom. The summed E-state index contributed by atoms with van der Waals surface area (Å²) in [6.45, 7) is 2.26. The predicted molar refractivity (Wildman–Crippen MR) is 74.1 cm³/mol. The van der Waals surface area contributed by atoms with E-state index in [1.165, 1.54) is 12.1 Å². The second-order valence-corrected chi connectivity index (χ2v) is 5.04. The van der Waals surface area contributed by atoms with Crippen LogP contribution >= 0.6 is 11.5 Å². The molecule has 0 bridgehead atoms. The Balaban J connectivity index is 2.20. The molecule has 1 aromatic carbocycles. The van der Waals surface area contributed by atoms with Gasteiger partial charge in [-0.05, 0) is 42.7 Å². The summed E-state index contributed by atoms with van der Waals surface area (Å²) in [4.78, 5) is 12.5. The maximum absolute atomic E-state index is 12.9. The van der Waals surface area contributed by atoms with Crippen molar-refractivity contribution < 1.29 is 13.9 Å². The number of nitrogens with one attached hydrogen (secondary N) is 1. The maximum Gasteiger partial charge on any atom is 0.265 e. The molecule has 1 aromatic heterocycles. The second-order valence-electron chi connectivity index (χ2n) is 4.29. The molecule has 0 aliphatic carbocycles. The zero-order valence-corrected chi connectivity index (χ0v) is 11.9. The summed E-state index contributed by atoms with van der Waals surface area (Å²) in [7, 11) is 1.57. The van der Waals surface area contributed by atoms with E-state index in [9.17, 15) is 9.18 Å². The fourth-order valence-corrected chi connectivity index (χ4v) is 2.31. The normalized spacial score (nSPS) is 12.2. The van der Waals surface area contributed by atoms with Gasteiger partial charge >= 0.3 is 0 Å². The van der Waals surface area contributed by atoms with Crippen LogP contribution in [0, 0.1) is 5.82 Å². The molecule has 1 amide bonds. The predicted octanol–water partition coefficient (Wildman–Crippen LogP) is 2.11. The highest BCUT2D eigenvalue weighted by atomic mass is 32.1. The van der Waals surface area contributed by atoms with Crippen molar-refractivity contribution >= 4 is 17.4 Å². The molecule has 2 rings (SSSR count). The van der Waals surface area contributed by atoms with E-state index in [-0.39, 0.29) is 17.8 Å². The number of rotatable bonds is 5. The first-order chi connectivity index (χ1) is 9.61. The zero-order valence-electron chi connectivity index (χ0n) is 11.1. The minimum atomic E-state index is -0.336. The highest BCUT2D eigenvalue weighted by Gasteiger charge is 2.19. The molecule has 0 fully saturated rings. The number of benzene rings is 1. The van der Waals surface area contributed by atoms with E-state index >= 15 is 0 Å². The molecule has 7 heteroatoms. The van der Waals surface area contributed by atoms with Crippen LogP contribution < -0.4 is 5.32 Å². The van der Waals surface area contributed by atoms with Gasteiger partial charge in [0.1, 0.15) is 16.4 Å². The van der Waals surface area contributed by atoms with Crippen LogP contribution in [0.5, 0.6) is 0 Å². The fraction of sp³-hybridized carbons (Fsp3) is 0.308. The number of carbonyl (C=O) groups excluding carboxylic acids is 1. The van der Waals surface area contributed by atoms with Gasteiger partial charge in [-0.3, -0.25) is 4.79 Å². The highest BCUT2D eigenvalue weighted by molar-refractivity contribution is 7.08. The molecular formula is C13H14FN3O2S. The summed E-state index contributed by atoms with van der Waals surface area (Å²) < 4.78 is 21.7. The molecule has 1 heterocycles. The van der Waals surface area contributed by atoms with Crippen molar-refractivity contribution in [1.29, 1.82) is 0 Å². The number of nitrogens with zero attached hydrogens (tertiary/aromatic N) is 2. The van der Waals surface area contributed by atoms with E-state index in [4.69, 9.17) is 4.74 Å². The Kier molecular flexibility index (Phi) is 4.75. The van der Waals surface area contributed by atoms with E-state index in [1.807, 2.05) is 6.92 Å². The maximum atomic E-state index is 12.9. The minimum Gasteiger partial charge on any atom is -0.383 e. The molecule has 0 spiro atoms. The lowest BCUT2D eigenvalue weighted by molar-refractivity contribution is 0.0910. The third-order valence-electron chi connectivity index (χ3n) is 2.61. The van der Waals surface area contributed by atoms with Crippen molar-refractivity contribution in [1.82, 2.24) is 14.9 Å². The lowest BCUT2D eigenvalue weighted by Gasteiger charge is -2.11. The average Bonchev–Trinajstić information content (AvgIpc) is 2.89. The molecule has 0 radical (unpaired) electrons. The number of amides is 1. The Hall–Kier alpha value is -1.86. The number of ether oxygens (including phenoxy) is 1. The summed E-state index contributed by atoms with van der Waals surface area (Å²) in [5.74, 6) is -0.597. The van der Waals surface area contributed by atoms with Crippen molar-refractivity contribution in [3.63, 3.8) is 0 Å². The topological polar surface area (TPSA) is 64.1 Å². The molecule has 0 saturated heterocycles. The van der Waals surface area contributed by atoms with Crippen LogP contribution in [0.1, 0.15) is 16.6 Å². The summed E-state index contributed by atoms with van der Waals surface area (Å²) in [6.07, 6.45) is 0. The molecule has 20 heavy (non-hydrogen) atoms. The number of hydrogen-bond acceptors (Lipinski definition) is 5. The zero-order chi connectivity index (χ0) is 14.5. The van der Waals surface area contributed by atoms with E-state index in [0.29, 0.717) is 22.7 Å². The molecule has 5 nitrogen and oxygen atoms in total. The van der Waals surface area contributed by atoms with Crippen LogP contribution in [0.3, 0.4) is 0 Å². The van der Waals surface area contributed by atoms with E-state index in [1.54, 1.807) is 19.2 Å². The van der Waals surface area contributed by atoms with E-state index in [2.05, 4.69) is 14.9 Å². The Morgan fingerprint density at radius 3 is 2.80 bits per heavy atom. The fourth-order valence-electron chi connectivity index (χ4n) is 1.72. The number of methoxy groups -OCH3 is 1. The molecule has 0 aliphatic rings. The van der Waals surface area contributed by atoms with Crippen molar-refractivity contribution in [2.24, 2.45) is 0 Å². The summed E-state index contributed by atoms with van der Waals surface area (Å²) >= 11 is 1.01. The van der Waals surface area contributed by atoms with Gasteiger partial charge in [0, 0.05) is 18.7 Å². The Morgan fingerprint density at radius 1 is 1.45 bits per heavy atom. The average molecular weight is 295 g/mol. The van der Waals surface area contributed by atoms with Gasteiger partial charge in [-0.1, -0.05) is 4.49 Å². The smallest absolute Gasteiger partial charge is 0.265 e. The van der Waals surface area contributed by atoms with Gasteiger partial charge < -0.3 is 10.1 Å². The van der Waals surface area contributed by atoms with Crippen LogP contribution in [0.2, 0.25) is 0 Å². The number of carbonyl (C=O) groups is 1. The summed E-state index contributed by atoms with van der Waals surface area (Å²) in [5.41, 5.74) is 1.11. The molecule has 0 aliphatic heterocycles. The molecule has 106 valence electrons. The quantitative estimate of drug-likeness (QED) is 0.917. The van der Waals surface area contributed by atoms with Gasteiger partial charge in [-0.15, -0.1) is 5.10 Å². The van der Waals surface area contributed by atoms with Gasteiger partial charge in [0.15, 0.2) is 0 Å². The lowest BCUT2D eigenvalue weighted by atomic mass is 10.1. The Bertz CT molecular complexity index is 586. The van der Waals surface area contributed by atoms with Crippen LogP contribution in [0.25, 0.3) is 11.3 Å². The third-order valence-corrected chi connectivity index (χ3v) is 3.33. The molecule has 0 saturated carbocycles. The largest absolute Gasteiger partial charge is 0.383 e. The van der Waals surface area contributed by atoms with E-state index in [0.717, 1.165) is 11.5 Å². The number of aromatic nitrogens is 2. The molecule has 1 N–H and O–H groups in total. The van der Waals surface area contributed by atoms with Crippen molar-refractivity contribution in [2.75, 3.05) is 13.7 Å². The second kappa shape index (κ2) is 6.53. The molecular weight excluding hydrogens is 281 g/mol. The van der Waals surface area contributed by atoms with Gasteiger partial charge in [-0.2, -0.15) is 0 Å². The Labute approximate surface area is 119 Å². The lowest BCUT2D eigenvalue weighted by Crippen LogP contribution is -2.35. The van der Waals surface area contributed by atoms with Crippen LogP contribution in [0.4, 0.5) is 4.39 Å². The first kappa shape index (κ1) is 14.5. The van der Waals surface area contributed by atoms with Crippen molar-refractivity contribution in [2.45, 2.75) is 13.0 Å². The first-order valence-corrected chi connectivity index (χ1v) is 6.77. The van der Waals surface area contributed by atoms with Gasteiger partial charge in [0.25, 0.3) is 5.91 Å². The van der Waals surface area contributed by atoms with Crippen LogP contribution in [0.15, 0.2) is 24.3 Å². The number of hydrogen-bond donors (Lipinski definition) is 1. The summed E-state index contributed by atoms with van der Waals surface area (Å²) in [6, 6.07) is 5.67. The minimum absolute atomic E-state index is 0.115. The van der Waals surface area contributed by atoms with Crippen molar-refractivity contribution in [3.8, 4) is 11.3 Å². The van der Waals surface area contributed by atoms with Gasteiger partial charge in [-0.25, -0.2) is 4.39 Å². The monoisotopic (exact) mass is 295 g/mol. The highest BCUT2D eigenvalue weighted by Crippen LogP contribution is 2.24. The SMILES string of the molecule is COC[C@H](C)NC(=O)c1snnc1-c1ccc(F)cc1. The standard InChI is InChI=1S/C13H14FN3O2S/c1-8(7-19-2)15-13(18)12-11(16-17-20-12)9-3-5-10(14)6-4-9/h3-6,8H,7H2,1-2H3,(H,15,18)/t8-/m0/s1. The molecule has 2 aromatic rings. The summed E-state index contributed by atoms with van der Waals surface area (Å²) in [5, 5.41) is 6.74. The van der Waals surface area contributed by atoms with Crippen LogP contribution in [-0.2, 0) is 4.74 Å². The molecule has 0 unspecified atom stereocenters. The third kappa shape index (κ3) is 3.37. The number of halogens is 1. The first-order valence-electron chi connectivity index (χ1n) is 6.00. The van der Waals surface area contributed by atoms with Gasteiger partial charge in [0.2, 0.25) is 0 Å². The van der Waals surface area contributed by atoms with Gasteiger partial charge in [0.05, 0.1) is 6.61 Å². The van der Waals surface area contributed by atoms with E-state index < -0.39 is 0 Å².